The maximum absolute atomic E-state index is 12.2. The van der Waals surface area contributed by atoms with E-state index in [9.17, 15) is 9.59 Å². The second-order valence-electron chi connectivity index (χ2n) is 6.84. The Kier molecular flexibility index (Phi) is 7.19. The molecule has 3 rings (SSSR count). The van der Waals surface area contributed by atoms with Crippen LogP contribution in [-0.4, -0.2) is 32.3 Å². The van der Waals surface area contributed by atoms with Crippen LogP contribution in [0.3, 0.4) is 0 Å². The van der Waals surface area contributed by atoms with Crippen LogP contribution >= 0.6 is 11.6 Å². The molecule has 1 saturated heterocycles. The number of methoxy groups -OCH3 is 1. The first-order chi connectivity index (χ1) is 14.0. The number of piperidine rings is 1. The van der Waals surface area contributed by atoms with Crippen LogP contribution in [-0.2, 0) is 11.3 Å². The summed E-state index contributed by atoms with van der Waals surface area (Å²) in [5.41, 5.74) is 3.17. The van der Waals surface area contributed by atoms with Crippen LogP contribution < -0.4 is 20.9 Å². The van der Waals surface area contributed by atoms with Crippen LogP contribution in [0.15, 0.2) is 42.5 Å². The summed E-state index contributed by atoms with van der Waals surface area (Å²) in [5, 5.41) is 8.81. The van der Waals surface area contributed by atoms with Crippen molar-refractivity contribution in [3.05, 3.63) is 53.1 Å². The molecule has 0 unspecified atom stereocenters. The van der Waals surface area contributed by atoms with E-state index in [2.05, 4.69) is 25.6 Å². The Morgan fingerprint density at radius 1 is 1.00 bits per heavy atom. The summed E-state index contributed by atoms with van der Waals surface area (Å²) in [5.74, 6) is 0. The average Bonchev–Trinajstić information content (AvgIpc) is 2.74. The maximum atomic E-state index is 12.2. The Labute approximate surface area is 175 Å². The third kappa shape index (κ3) is 6.02. The molecule has 8 heteroatoms. The van der Waals surface area contributed by atoms with Crippen LogP contribution in [0.1, 0.15) is 24.8 Å². The van der Waals surface area contributed by atoms with Gasteiger partial charge in [-0.05, 0) is 55.2 Å². The number of nitrogens with zero attached hydrogens (tertiary/aromatic N) is 1. The highest BCUT2D eigenvalue weighted by Gasteiger charge is 2.14. The molecule has 0 aliphatic carbocycles. The van der Waals surface area contributed by atoms with E-state index in [1.807, 2.05) is 24.3 Å². The predicted octanol–water partition coefficient (Wildman–Crippen LogP) is 4.83. The summed E-state index contributed by atoms with van der Waals surface area (Å²) in [6, 6.07) is 12.4. The van der Waals surface area contributed by atoms with Crippen LogP contribution in [0, 0.1) is 0 Å². The van der Waals surface area contributed by atoms with E-state index in [1.165, 1.54) is 26.4 Å². The van der Waals surface area contributed by atoms with Gasteiger partial charge in [-0.3, -0.25) is 5.32 Å². The summed E-state index contributed by atoms with van der Waals surface area (Å²) in [6.07, 6.45) is 3.09. The maximum Gasteiger partial charge on any atom is 0.411 e. The molecule has 0 saturated carbocycles. The lowest BCUT2D eigenvalue weighted by Gasteiger charge is -2.29. The highest BCUT2D eigenvalue weighted by Crippen LogP contribution is 2.30. The topological polar surface area (TPSA) is 82.7 Å². The van der Waals surface area contributed by atoms with Gasteiger partial charge in [-0.2, -0.15) is 0 Å². The fourth-order valence-corrected chi connectivity index (χ4v) is 3.51. The number of carbonyl (C=O) groups excluding carboxylic acids is 2. The van der Waals surface area contributed by atoms with E-state index in [-0.39, 0.29) is 6.03 Å². The second kappa shape index (κ2) is 10.0. The lowest BCUT2D eigenvalue weighted by atomic mass is 10.1. The standard InChI is InChI=1S/C21H25ClN4O3/c1-29-21(28)25-16-7-5-15(6-8-16)14-23-20(27)24-17-9-10-19(18(22)13-17)26-11-3-2-4-12-26/h5-10,13H,2-4,11-12,14H2,1H3,(H,25,28)(H2,23,24,27). The number of carbonyl (C=O) groups is 2. The Bertz CT molecular complexity index is 852. The number of benzene rings is 2. The van der Waals surface area contributed by atoms with E-state index >= 15 is 0 Å². The van der Waals surface area contributed by atoms with Crippen molar-refractivity contribution in [2.75, 3.05) is 35.7 Å². The quantitative estimate of drug-likeness (QED) is 0.651. The van der Waals surface area contributed by atoms with Crippen LogP contribution in [0.5, 0.6) is 0 Å². The van der Waals surface area contributed by atoms with Crippen molar-refractivity contribution in [1.82, 2.24) is 5.32 Å². The van der Waals surface area contributed by atoms with Gasteiger partial charge in [-0.25, -0.2) is 9.59 Å². The SMILES string of the molecule is COC(=O)Nc1ccc(CNC(=O)Nc2ccc(N3CCCCC3)c(Cl)c2)cc1. The molecule has 0 atom stereocenters. The molecule has 1 aliphatic heterocycles. The van der Waals surface area contributed by atoms with Crippen LogP contribution in [0.4, 0.5) is 26.7 Å². The van der Waals surface area contributed by atoms with Gasteiger partial charge >= 0.3 is 12.1 Å². The van der Waals surface area contributed by atoms with Crippen molar-refractivity contribution in [2.45, 2.75) is 25.8 Å². The molecule has 7 nitrogen and oxygen atoms in total. The Morgan fingerprint density at radius 3 is 2.34 bits per heavy atom. The number of nitrogens with one attached hydrogen (secondary N) is 3. The smallest absolute Gasteiger partial charge is 0.411 e. The first kappa shape index (κ1) is 20.8. The fourth-order valence-electron chi connectivity index (χ4n) is 3.21. The van der Waals surface area contributed by atoms with Crippen molar-refractivity contribution in [1.29, 1.82) is 0 Å². The lowest BCUT2D eigenvalue weighted by Crippen LogP contribution is -2.30. The highest BCUT2D eigenvalue weighted by molar-refractivity contribution is 6.33. The van der Waals surface area contributed by atoms with Gasteiger partial charge in [0.05, 0.1) is 17.8 Å². The molecule has 0 aromatic heterocycles. The molecule has 154 valence electrons. The molecule has 0 radical (unpaired) electrons. The van der Waals surface area contributed by atoms with Crippen molar-refractivity contribution < 1.29 is 14.3 Å². The first-order valence-corrected chi connectivity index (χ1v) is 9.96. The largest absolute Gasteiger partial charge is 0.453 e. The van der Waals surface area contributed by atoms with Crippen LogP contribution in [0.2, 0.25) is 5.02 Å². The zero-order valence-corrected chi connectivity index (χ0v) is 17.1. The van der Waals surface area contributed by atoms with Crippen LogP contribution in [0.25, 0.3) is 0 Å². The van der Waals surface area contributed by atoms with Crippen molar-refractivity contribution >= 4 is 40.8 Å². The van der Waals surface area contributed by atoms with Gasteiger partial charge in [0, 0.05) is 31.0 Å². The van der Waals surface area contributed by atoms with Crippen molar-refractivity contribution in [2.24, 2.45) is 0 Å². The van der Waals surface area contributed by atoms with E-state index in [0.717, 1.165) is 24.3 Å². The number of anilines is 3. The van der Waals surface area contributed by atoms with Gasteiger partial charge in [0.1, 0.15) is 0 Å². The summed E-state index contributed by atoms with van der Waals surface area (Å²) >= 11 is 6.43. The number of amides is 3. The summed E-state index contributed by atoms with van der Waals surface area (Å²) < 4.78 is 4.54. The molecule has 2 aromatic rings. The number of urea groups is 1. The zero-order valence-electron chi connectivity index (χ0n) is 16.3. The van der Waals surface area contributed by atoms with Gasteiger partial charge in [0.15, 0.2) is 0 Å². The molecule has 1 heterocycles. The van der Waals surface area contributed by atoms with E-state index in [0.29, 0.717) is 22.9 Å². The number of rotatable bonds is 5. The molecule has 1 fully saturated rings. The molecular weight excluding hydrogens is 392 g/mol. The van der Waals surface area contributed by atoms with Gasteiger partial charge in [0.2, 0.25) is 0 Å². The number of ether oxygens (including phenoxy) is 1. The Balaban J connectivity index is 1.50. The minimum absolute atomic E-state index is 0.316. The highest BCUT2D eigenvalue weighted by atomic mass is 35.5. The van der Waals surface area contributed by atoms with Gasteiger partial charge in [-0.1, -0.05) is 23.7 Å². The summed E-state index contributed by atoms with van der Waals surface area (Å²) in [4.78, 5) is 25.7. The molecule has 3 amide bonds. The number of halogens is 1. The molecule has 0 spiro atoms. The van der Waals surface area contributed by atoms with Gasteiger partial charge in [0.25, 0.3) is 0 Å². The average molecular weight is 417 g/mol. The summed E-state index contributed by atoms with van der Waals surface area (Å²) in [6.45, 7) is 2.38. The number of hydrogen-bond donors (Lipinski definition) is 3. The zero-order chi connectivity index (χ0) is 20.6. The third-order valence-electron chi connectivity index (χ3n) is 4.74. The summed E-state index contributed by atoms with van der Waals surface area (Å²) in [7, 11) is 1.31. The molecule has 0 bridgehead atoms. The minimum atomic E-state index is -0.528. The van der Waals surface area contributed by atoms with E-state index < -0.39 is 6.09 Å². The van der Waals surface area contributed by atoms with Crippen molar-refractivity contribution in [3.63, 3.8) is 0 Å². The third-order valence-corrected chi connectivity index (χ3v) is 5.04. The molecule has 2 aromatic carbocycles. The molecule has 1 aliphatic rings. The second-order valence-corrected chi connectivity index (χ2v) is 7.24. The van der Waals surface area contributed by atoms with Gasteiger partial charge in [-0.15, -0.1) is 0 Å². The fraction of sp³-hybridized carbons (Fsp3) is 0.333. The first-order valence-electron chi connectivity index (χ1n) is 9.58. The Morgan fingerprint density at radius 2 is 1.69 bits per heavy atom. The predicted molar refractivity (Wildman–Crippen MR) is 116 cm³/mol. The van der Waals surface area contributed by atoms with Crippen molar-refractivity contribution in [3.8, 4) is 0 Å². The molecular formula is C21H25ClN4O3. The molecule has 3 N–H and O–H groups in total. The van der Waals surface area contributed by atoms with Gasteiger partial charge < -0.3 is 20.3 Å². The van der Waals surface area contributed by atoms with E-state index in [1.54, 1.807) is 18.2 Å². The normalized spacial score (nSPS) is 13.5. The minimum Gasteiger partial charge on any atom is -0.453 e. The monoisotopic (exact) mass is 416 g/mol. The lowest BCUT2D eigenvalue weighted by molar-refractivity contribution is 0.187. The number of hydrogen-bond acceptors (Lipinski definition) is 4. The molecule has 29 heavy (non-hydrogen) atoms. The van der Waals surface area contributed by atoms with E-state index in [4.69, 9.17) is 11.6 Å². The Hall–Kier alpha value is -2.93.